The quantitative estimate of drug-likeness (QED) is 0.429. The van der Waals surface area contributed by atoms with Crippen LogP contribution in [0.1, 0.15) is 34.2 Å². The van der Waals surface area contributed by atoms with Gasteiger partial charge in [0.2, 0.25) is 0 Å². The Morgan fingerprint density at radius 1 is 1.15 bits per heavy atom. The number of ether oxygens (including phenoxy) is 3. The number of carbonyl (C=O) groups is 1. The molecule has 7 nitrogen and oxygen atoms in total. The summed E-state index contributed by atoms with van der Waals surface area (Å²) in [6, 6.07) is 16.8. The van der Waals surface area contributed by atoms with Crippen LogP contribution in [0.25, 0.3) is 11.3 Å². The van der Waals surface area contributed by atoms with Crippen molar-refractivity contribution in [1.82, 2.24) is 10.3 Å². The third-order valence-corrected chi connectivity index (χ3v) is 8.76. The van der Waals surface area contributed by atoms with Gasteiger partial charge >= 0.3 is 5.97 Å². The van der Waals surface area contributed by atoms with E-state index in [4.69, 9.17) is 19.2 Å². The molecule has 0 spiro atoms. The van der Waals surface area contributed by atoms with Gasteiger partial charge in [0, 0.05) is 25.8 Å². The highest BCUT2D eigenvalue weighted by Crippen LogP contribution is 2.62. The molecule has 1 aromatic heterocycles. The lowest BCUT2D eigenvalue weighted by atomic mass is 9.94. The maximum Gasteiger partial charge on any atom is 0.314 e. The lowest BCUT2D eigenvalue weighted by Crippen LogP contribution is -2.44. The number of esters is 1. The number of piperidine rings is 1. The van der Waals surface area contributed by atoms with Crippen LogP contribution in [-0.4, -0.2) is 50.9 Å². The van der Waals surface area contributed by atoms with E-state index >= 15 is 0 Å². The molecule has 6 rings (SSSR count). The molecule has 39 heavy (non-hydrogen) atoms. The fraction of sp³-hybridized carbons (Fsp3) is 0.438. The normalized spacial score (nSPS) is 23.2. The van der Waals surface area contributed by atoms with Crippen LogP contribution in [0.2, 0.25) is 0 Å². The number of methoxy groups -OCH3 is 2. The summed E-state index contributed by atoms with van der Waals surface area (Å²) in [5.41, 5.74) is 7.80. The van der Waals surface area contributed by atoms with Crippen molar-refractivity contribution in [1.29, 1.82) is 0 Å². The van der Waals surface area contributed by atoms with Gasteiger partial charge in [-0.15, -0.1) is 0 Å². The Bertz CT molecular complexity index is 1410. The van der Waals surface area contributed by atoms with Gasteiger partial charge in [-0.05, 0) is 85.7 Å². The number of benzene rings is 2. The number of nitrogens with one attached hydrogen (secondary N) is 1. The first-order valence-electron chi connectivity index (χ1n) is 13.8. The average molecular weight is 528 g/mol. The second kappa shape index (κ2) is 10.3. The highest BCUT2D eigenvalue weighted by atomic mass is 16.5. The number of aryl methyl sites for hydroxylation is 2. The molecule has 2 aliphatic heterocycles. The molecule has 2 fully saturated rings. The Balaban J connectivity index is 1.27. The zero-order valence-electron chi connectivity index (χ0n) is 23.3. The fourth-order valence-electron chi connectivity index (χ4n) is 6.68. The van der Waals surface area contributed by atoms with Crippen molar-refractivity contribution >= 4 is 11.8 Å². The maximum atomic E-state index is 12.8. The Kier molecular flexibility index (Phi) is 6.81. The molecule has 1 saturated heterocycles. The van der Waals surface area contributed by atoms with Crippen molar-refractivity contribution in [3.63, 3.8) is 0 Å². The van der Waals surface area contributed by atoms with Gasteiger partial charge in [-0.25, -0.2) is 4.98 Å². The lowest BCUT2D eigenvalue weighted by molar-refractivity contribution is -0.148. The smallest absolute Gasteiger partial charge is 0.314 e. The molecule has 2 aromatic carbocycles. The van der Waals surface area contributed by atoms with E-state index in [9.17, 15) is 4.79 Å². The van der Waals surface area contributed by atoms with Crippen molar-refractivity contribution < 1.29 is 19.0 Å². The molecule has 204 valence electrons. The number of anilines is 1. The van der Waals surface area contributed by atoms with Gasteiger partial charge in [0.15, 0.2) is 0 Å². The SMILES string of the molecule is COC[C@H]1N(c2cccc(-c3cc(C)ccc3OCc3cc(C)c4c(c3)CCNC4)n2)C[C@@H]2C[C@@]21C(=O)OC. The highest BCUT2D eigenvalue weighted by molar-refractivity contribution is 5.84. The van der Waals surface area contributed by atoms with Crippen molar-refractivity contribution in [3.05, 3.63) is 76.3 Å². The zero-order valence-corrected chi connectivity index (χ0v) is 23.3. The third-order valence-electron chi connectivity index (χ3n) is 8.76. The molecular weight excluding hydrogens is 490 g/mol. The van der Waals surface area contributed by atoms with Crippen LogP contribution in [-0.2, 0) is 33.8 Å². The van der Waals surface area contributed by atoms with E-state index in [-0.39, 0.29) is 17.9 Å². The third kappa shape index (κ3) is 4.57. The second-order valence-corrected chi connectivity index (χ2v) is 11.2. The van der Waals surface area contributed by atoms with Crippen LogP contribution in [0, 0.1) is 25.2 Å². The second-order valence-electron chi connectivity index (χ2n) is 11.2. The number of fused-ring (bicyclic) bond motifs is 2. The van der Waals surface area contributed by atoms with Crippen molar-refractivity contribution in [3.8, 4) is 17.0 Å². The predicted molar refractivity (Wildman–Crippen MR) is 151 cm³/mol. The minimum Gasteiger partial charge on any atom is -0.488 e. The molecule has 3 heterocycles. The largest absolute Gasteiger partial charge is 0.488 e. The van der Waals surface area contributed by atoms with E-state index in [1.54, 1.807) is 7.11 Å². The van der Waals surface area contributed by atoms with Crippen LogP contribution in [0.4, 0.5) is 5.82 Å². The lowest BCUT2D eigenvalue weighted by Gasteiger charge is -2.31. The Morgan fingerprint density at radius 3 is 2.85 bits per heavy atom. The summed E-state index contributed by atoms with van der Waals surface area (Å²) in [4.78, 5) is 20.1. The Labute approximate surface area is 230 Å². The molecule has 0 unspecified atom stereocenters. The number of hydrogen-bond donors (Lipinski definition) is 1. The monoisotopic (exact) mass is 527 g/mol. The van der Waals surface area contributed by atoms with Crippen molar-refractivity contribution in [2.24, 2.45) is 11.3 Å². The van der Waals surface area contributed by atoms with Crippen LogP contribution >= 0.6 is 0 Å². The summed E-state index contributed by atoms with van der Waals surface area (Å²) < 4.78 is 17.2. The summed E-state index contributed by atoms with van der Waals surface area (Å²) in [5, 5.41) is 3.47. The van der Waals surface area contributed by atoms with Gasteiger partial charge < -0.3 is 24.4 Å². The number of carbonyl (C=O) groups excluding carboxylic acids is 1. The Morgan fingerprint density at radius 2 is 2.03 bits per heavy atom. The molecule has 3 aliphatic rings. The molecule has 1 aliphatic carbocycles. The first-order chi connectivity index (χ1) is 18.9. The molecular formula is C32H37N3O4. The number of nitrogens with zero attached hydrogens (tertiary/aromatic N) is 2. The zero-order chi connectivity index (χ0) is 27.1. The topological polar surface area (TPSA) is 72.9 Å². The highest BCUT2D eigenvalue weighted by Gasteiger charge is 2.71. The summed E-state index contributed by atoms with van der Waals surface area (Å²) in [6.07, 6.45) is 1.90. The van der Waals surface area contributed by atoms with Crippen molar-refractivity contribution in [2.45, 2.75) is 45.9 Å². The minimum absolute atomic E-state index is 0.0987. The van der Waals surface area contributed by atoms with Crippen molar-refractivity contribution in [2.75, 3.05) is 38.8 Å². The predicted octanol–water partition coefficient (Wildman–Crippen LogP) is 4.60. The number of aromatic nitrogens is 1. The molecule has 1 N–H and O–H groups in total. The summed E-state index contributed by atoms with van der Waals surface area (Å²) in [6.45, 7) is 7.95. The Hall–Kier alpha value is -3.42. The van der Waals surface area contributed by atoms with Gasteiger partial charge in [0.05, 0.1) is 30.9 Å². The van der Waals surface area contributed by atoms with E-state index in [0.29, 0.717) is 13.2 Å². The molecule has 0 radical (unpaired) electrons. The number of pyridine rings is 1. The van der Waals surface area contributed by atoms with E-state index in [0.717, 1.165) is 60.9 Å². The van der Waals surface area contributed by atoms with Crippen LogP contribution in [0.3, 0.4) is 0 Å². The van der Waals surface area contributed by atoms with Gasteiger partial charge in [0.1, 0.15) is 18.2 Å². The molecule has 0 amide bonds. The number of rotatable bonds is 8. The van der Waals surface area contributed by atoms with Gasteiger partial charge in [-0.2, -0.15) is 0 Å². The molecule has 0 bridgehead atoms. The van der Waals surface area contributed by atoms with Gasteiger partial charge in [-0.1, -0.05) is 29.8 Å². The first kappa shape index (κ1) is 25.8. The van der Waals surface area contributed by atoms with Crippen LogP contribution < -0.4 is 15.0 Å². The summed E-state index contributed by atoms with van der Waals surface area (Å²) in [5.74, 6) is 1.78. The summed E-state index contributed by atoms with van der Waals surface area (Å²) in [7, 11) is 3.15. The molecule has 3 aromatic rings. The standard InChI is InChI=1S/C32H37N3O4/c1-20-8-9-28(39-18-22-13-21(2)26-16-33-11-10-23(26)14-22)25(12-20)27-6-5-7-30(34-27)35-17-24-15-32(24,31(36)38-4)29(35)19-37-3/h5-9,12-14,24,29,33H,10-11,15-19H2,1-4H3/t24-,29+,32+/m0/s1. The van der Waals surface area contributed by atoms with E-state index in [2.05, 4.69) is 48.3 Å². The van der Waals surface area contributed by atoms with E-state index in [1.807, 2.05) is 24.3 Å². The van der Waals surface area contributed by atoms with E-state index in [1.165, 1.54) is 29.4 Å². The molecule has 1 saturated carbocycles. The summed E-state index contributed by atoms with van der Waals surface area (Å²) >= 11 is 0. The minimum atomic E-state index is -0.497. The molecule has 3 atom stereocenters. The fourth-order valence-corrected chi connectivity index (χ4v) is 6.68. The van der Waals surface area contributed by atoms with Gasteiger partial charge in [-0.3, -0.25) is 4.79 Å². The molecule has 7 heteroatoms. The van der Waals surface area contributed by atoms with Gasteiger partial charge in [0.25, 0.3) is 0 Å². The number of hydrogen-bond acceptors (Lipinski definition) is 7. The first-order valence-corrected chi connectivity index (χ1v) is 13.8. The van der Waals surface area contributed by atoms with Crippen LogP contribution in [0.15, 0.2) is 48.5 Å². The van der Waals surface area contributed by atoms with E-state index < -0.39 is 5.41 Å². The maximum absolute atomic E-state index is 12.8. The average Bonchev–Trinajstić information content (AvgIpc) is 3.60. The van der Waals surface area contributed by atoms with Crippen LogP contribution in [0.5, 0.6) is 5.75 Å².